The van der Waals surface area contributed by atoms with Crippen molar-refractivity contribution < 1.29 is 23.7 Å². The Morgan fingerprint density at radius 1 is 1.11 bits per heavy atom. The minimum atomic E-state index is -0.717. The van der Waals surface area contributed by atoms with E-state index in [2.05, 4.69) is 5.92 Å². The lowest BCUT2D eigenvalue weighted by molar-refractivity contribution is 0.0242. The van der Waals surface area contributed by atoms with Gasteiger partial charge in [0.25, 0.3) is 0 Å². The summed E-state index contributed by atoms with van der Waals surface area (Å²) in [5, 5.41) is 10.3. The van der Waals surface area contributed by atoms with Crippen LogP contribution in [0.5, 0.6) is 11.5 Å². The number of nitrogens with zero attached hydrogens (tertiary/aromatic N) is 1. The molecule has 0 radical (unpaired) electrons. The zero-order chi connectivity index (χ0) is 20.4. The van der Waals surface area contributed by atoms with Gasteiger partial charge in [0.1, 0.15) is 12.4 Å². The van der Waals surface area contributed by atoms with E-state index in [0.29, 0.717) is 31.1 Å². The van der Waals surface area contributed by atoms with Crippen LogP contribution in [0.25, 0.3) is 0 Å². The van der Waals surface area contributed by atoms with Crippen molar-refractivity contribution in [3.05, 3.63) is 59.4 Å². The highest BCUT2D eigenvalue weighted by molar-refractivity contribution is 5.46. The topological polar surface area (TPSA) is 51.2 Å². The molecule has 1 unspecified atom stereocenters. The van der Waals surface area contributed by atoms with Gasteiger partial charge in [-0.05, 0) is 23.8 Å². The van der Waals surface area contributed by atoms with Gasteiger partial charge in [-0.1, -0.05) is 30.2 Å². The fourth-order valence-corrected chi connectivity index (χ4v) is 2.96. The number of hydrogen-bond acceptors (Lipinski definition) is 5. The van der Waals surface area contributed by atoms with Crippen molar-refractivity contribution in [1.29, 1.82) is 0 Å². The molecule has 0 aliphatic rings. The van der Waals surface area contributed by atoms with Gasteiger partial charge in [-0.2, -0.15) is 0 Å². The summed E-state index contributed by atoms with van der Waals surface area (Å²) in [4.78, 5) is 2.04. The second kappa shape index (κ2) is 11.3. The van der Waals surface area contributed by atoms with Gasteiger partial charge in [0, 0.05) is 25.2 Å². The maximum atomic E-state index is 13.2. The van der Waals surface area contributed by atoms with E-state index >= 15 is 0 Å². The molecule has 150 valence electrons. The van der Waals surface area contributed by atoms with Crippen molar-refractivity contribution in [3.63, 3.8) is 0 Å². The molecule has 2 aromatic carbocycles. The first-order chi connectivity index (χ1) is 13.6. The largest absolute Gasteiger partial charge is 0.493 e. The van der Waals surface area contributed by atoms with Crippen LogP contribution in [0.15, 0.2) is 42.5 Å². The summed E-state index contributed by atoms with van der Waals surface area (Å²) in [7, 11) is 3.18. The van der Waals surface area contributed by atoms with Crippen LogP contribution in [-0.2, 0) is 17.8 Å². The smallest absolute Gasteiger partial charge is 0.165 e. The predicted molar refractivity (Wildman–Crippen MR) is 106 cm³/mol. The summed E-state index contributed by atoms with van der Waals surface area (Å²) in [6, 6.07) is 12.0. The molecule has 0 fully saturated rings. The molecule has 0 heterocycles. The highest BCUT2D eigenvalue weighted by Gasteiger charge is 2.17. The third-order valence-electron chi connectivity index (χ3n) is 4.16. The Balaban J connectivity index is 2.17. The molecule has 0 amide bonds. The van der Waals surface area contributed by atoms with Gasteiger partial charge in [-0.25, -0.2) is 4.39 Å². The third kappa shape index (κ3) is 6.54. The monoisotopic (exact) mass is 387 g/mol. The summed E-state index contributed by atoms with van der Waals surface area (Å²) >= 11 is 0. The molecule has 2 rings (SSSR count). The molecular weight excluding hydrogens is 361 g/mol. The van der Waals surface area contributed by atoms with Gasteiger partial charge in [0.05, 0.1) is 26.9 Å². The highest BCUT2D eigenvalue weighted by Crippen LogP contribution is 2.31. The zero-order valence-electron chi connectivity index (χ0n) is 16.2. The molecule has 0 spiro atoms. The fraction of sp³-hybridized carbons (Fsp3) is 0.364. The lowest BCUT2D eigenvalue weighted by Crippen LogP contribution is -2.34. The van der Waals surface area contributed by atoms with E-state index in [4.69, 9.17) is 20.6 Å². The van der Waals surface area contributed by atoms with Crippen molar-refractivity contribution in [2.45, 2.75) is 19.2 Å². The number of methoxy groups -OCH3 is 2. The number of para-hydroxylation sites is 1. The Hall–Kier alpha value is -2.59. The standard InChI is InChI=1S/C22H26FNO4/c1-4-12-28-16-20(25)15-24(13-17-8-10-19(23)11-9-17)14-18-6-5-7-21(26-2)22(18)27-3/h1,5-11,20,25H,12-16H2,2-3H3. The Bertz CT molecular complexity index is 773. The normalized spacial score (nSPS) is 11.9. The first-order valence-corrected chi connectivity index (χ1v) is 8.93. The molecule has 0 aliphatic carbocycles. The average molecular weight is 387 g/mol. The van der Waals surface area contributed by atoms with Crippen LogP contribution in [0.4, 0.5) is 4.39 Å². The highest BCUT2D eigenvalue weighted by atomic mass is 19.1. The van der Waals surface area contributed by atoms with Gasteiger partial charge in [-0.15, -0.1) is 6.42 Å². The van der Waals surface area contributed by atoms with Crippen LogP contribution < -0.4 is 9.47 Å². The third-order valence-corrected chi connectivity index (χ3v) is 4.16. The molecule has 0 aliphatic heterocycles. The molecule has 1 atom stereocenters. The van der Waals surface area contributed by atoms with Crippen molar-refractivity contribution in [2.24, 2.45) is 0 Å². The Morgan fingerprint density at radius 2 is 1.86 bits per heavy atom. The van der Waals surface area contributed by atoms with Gasteiger partial charge in [-0.3, -0.25) is 4.90 Å². The Labute approximate surface area is 165 Å². The quantitative estimate of drug-likeness (QED) is 0.475. The molecule has 5 nitrogen and oxygen atoms in total. The SMILES string of the molecule is C#CCOCC(O)CN(Cc1ccc(F)cc1)Cc1cccc(OC)c1OC. The van der Waals surface area contributed by atoms with E-state index in [1.54, 1.807) is 26.4 Å². The van der Waals surface area contributed by atoms with Crippen LogP contribution in [-0.4, -0.2) is 50.1 Å². The minimum absolute atomic E-state index is 0.138. The van der Waals surface area contributed by atoms with Crippen molar-refractivity contribution in [2.75, 3.05) is 34.0 Å². The number of rotatable bonds is 11. The second-order valence-corrected chi connectivity index (χ2v) is 6.32. The summed E-state index contributed by atoms with van der Waals surface area (Å²) < 4.78 is 29.3. The predicted octanol–water partition coefficient (Wildman–Crippen LogP) is 2.86. The van der Waals surface area contributed by atoms with E-state index in [0.717, 1.165) is 11.1 Å². The van der Waals surface area contributed by atoms with Gasteiger partial charge < -0.3 is 19.3 Å². The Morgan fingerprint density at radius 3 is 2.50 bits per heavy atom. The number of halogens is 1. The van der Waals surface area contributed by atoms with Crippen molar-refractivity contribution in [1.82, 2.24) is 4.90 Å². The lowest BCUT2D eigenvalue weighted by atomic mass is 10.1. The fourth-order valence-electron chi connectivity index (χ4n) is 2.96. The summed E-state index contributed by atoms with van der Waals surface area (Å²) in [6.45, 7) is 1.66. The number of ether oxygens (including phenoxy) is 3. The summed E-state index contributed by atoms with van der Waals surface area (Å²) in [6.07, 6.45) is 4.45. The van der Waals surface area contributed by atoms with Gasteiger partial charge in [0.2, 0.25) is 0 Å². The number of benzene rings is 2. The van der Waals surface area contributed by atoms with E-state index in [9.17, 15) is 9.50 Å². The summed E-state index contributed by atoms with van der Waals surface area (Å²) in [5.41, 5.74) is 1.85. The van der Waals surface area contributed by atoms with Gasteiger partial charge >= 0.3 is 0 Å². The maximum absolute atomic E-state index is 13.2. The molecule has 2 aromatic rings. The maximum Gasteiger partial charge on any atom is 0.165 e. The number of hydrogen-bond donors (Lipinski definition) is 1. The van der Waals surface area contributed by atoms with Gasteiger partial charge in [0.15, 0.2) is 11.5 Å². The van der Waals surface area contributed by atoms with E-state index in [1.165, 1.54) is 12.1 Å². The number of aliphatic hydroxyl groups excluding tert-OH is 1. The Kier molecular flexibility index (Phi) is 8.76. The van der Waals surface area contributed by atoms with Crippen molar-refractivity contribution >= 4 is 0 Å². The van der Waals surface area contributed by atoms with Crippen LogP contribution in [0, 0.1) is 18.2 Å². The minimum Gasteiger partial charge on any atom is -0.493 e. The van der Waals surface area contributed by atoms with E-state index in [-0.39, 0.29) is 19.0 Å². The van der Waals surface area contributed by atoms with Crippen LogP contribution in [0.1, 0.15) is 11.1 Å². The molecule has 0 saturated carbocycles. The number of terminal acetylenes is 1. The summed E-state index contributed by atoms with van der Waals surface area (Å²) in [5.74, 6) is 3.38. The number of aliphatic hydroxyl groups is 1. The first kappa shape index (κ1) is 21.7. The van der Waals surface area contributed by atoms with E-state index in [1.807, 2.05) is 23.1 Å². The molecule has 6 heteroatoms. The molecular formula is C22H26FNO4. The first-order valence-electron chi connectivity index (χ1n) is 8.93. The van der Waals surface area contributed by atoms with Crippen LogP contribution >= 0.6 is 0 Å². The zero-order valence-corrected chi connectivity index (χ0v) is 16.2. The second-order valence-electron chi connectivity index (χ2n) is 6.32. The average Bonchev–Trinajstić information content (AvgIpc) is 2.69. The van der Waals surface area contributed by atoms with Crippen LogP contribution in [0.3, 0.4) is 0 Å². The van der Waals surface area contributed by atoms with Crippen molar-refractivity contribution in [3.8, 4) is 23.8 Å². The lowest BCUT2D eigenvalue weighted by Gasteiger charge is -2.26. The molecule has 28 heavy (non-hydrogen) atoms. The molecule has 1 N–H and O–H groups in total. The van der Waals surface area contributed by atoms with Crippen LogP contribution in [0.2, 0.25) is 0 Å². The molecule has 0 aromatic heterocycles. The van der Waals surface area contributed by atoms with E-state index < -0.39 is 6.10 Å². The molecule has 0 bridgehead atoms. The molecule has 0 saturated heterocycles.